The molecule has 2 rings (SSSR count). The fraction of sp³-hybridized carbons (Fsp3) is 0.444. The fourth-order valence-electron chi connectivity index (χ4n) is 1.28. The molecule has 1 heterocycles. The molecule has 0 aromatic heterocycles. The van der Waals surface area contributed by atoms with E-state index >= 15 is 0 Å². The highest BCUT2D eigenvalue weighted by Gasteiger charge is 2.33. The van der Waals surface area contributed by atoms with Crippen LogP contribution < -0.4 is 0 Å². The van der Waals surface area contributed by atoms with Gasteiger partial charge in [0.2, 0.25) is 0 Å². The minimum Gasteiger partial charge on any atom is -0.271 e. The van der Waals surface area contributed by atoms with Crippen LogP contribution in [-0.2, 0) is 4.79 Å². The lowest BCUT2D eigenvalue weighted by Gasteiger charge is -2.10. The van der Waals surface area contributed by atoms with E-state index in [1.54, 1.807) is 0 Å². The van der Waals surface area contributed by atoms with Crippen molar-refractivity contribution in [2.75, 3.05) is 0 Å². The number of nitrogens with zero attached hydrogens (tertiary/aromatic N) is 2. The van der Waals surface area contributed by atoms with E-state index in [4.69, 9.17) is 16.9 Å². The van der Waals surface area contributed by atoms with Crippen LogP contribution in [0, 0.1) is 23.2 Å². The number of carbonyl (C=O) groups excluding carboxylic acids is 1. The van der Waals surface area contributed by atoms with Crippen molar-refractivity contribution in [3.05, 3.63) is 11.1 Å². The van der Waals surface area contributed by atoms with Gasteiger partial charge >= 0.3 is 0 Å². The highest BCUT2D eigenvalue weighted by molar-refractivity contribution is 6.45. The molecule has 66 valence electrons. The van der Waals surface area contributed by atoms with Crippen LogP contribution in [0.5, 0.6) is 0 Å². The van der Waals surface area contributed by atoms with Crippen LogP contribution in [0.3, 0.4) is 0 Å². The summed E-state index contributed by atoms with van der Waals surface area (Å²) in [5.74, 6) is -0.809. The normalized spacial score (nSPS) is 27.7. The second-order valence-corrected chi connectivity index (χ2v) is 3.64. The molecule has 0 bridgehead atoms. The summed E-state index contributed by atoms with van der Waals surface area (Å²) < 4.78 is 0. The topological polar surface area (TPSA) is 53.2 Å². The largest absolute Gasteiger partial charge is 0.271 e. The van der Waals surface area contributed by atoms with Gasteiger partial charge in [0, 0.05) is 5.92 Å². The smallest absolute Gasteiger partial charge is 0.267 e. The van der Waals surface area contributed by atoms with Crippen molar-refractivity contribution in [2.45, 2.75) is 12.8 Å². The molecule has 1 fully saturated rings. The first-order valence-electron chi connectivity index (χ1n) is 4.12. The third-order valence-electron chi connectivity index (χ3n) is 2.16. The van der Waals surface area contributed by atoms with E-state index in [9.17, 15) is 4.79 Å². The van der Waals surface area contributed by atoms with Gasteiger partial charge in [0.15, 0.2) is 0 Å². The van der Waals surface area contributed by atoms with Crippen molar-refractivity contribution in [1.29, 1.82) is 5.26 Å². The van der Waals surface area contributed by atoms with Crippen LogP contribution >= 0.6 is 11.6 Å². The number of carbonyl (C=O) groups is 1. The van der Waals surface area contributed by atoms with Crippen molar-refractivity contribution in [2.24, 2.45) is 16.8 Å². The third-order valence-corrected chi connectivity index (χ3v) is 2.48. The first kappa shape index (κ1) is 8.46. The van der Waals surface area contributed by atoms with Crippen LogP contribution in [0.2, 0.25) is 0 Å². The van der Waals surface area contributed by atoms with E-state index in [1.165, 1.54) is 6.08 Å². The van der Waals surface area contributed by atoms with Gasteiger partial charge in [-0.15, -0.1) is 0 Å². The fourth-order valence-corrected chi connectivity index (χ4v) is 1.60. The Hall–Kier alpha value is -1.14. The molecule has 0 N–H and O–H groups in total. The molecule has 0 spiro atoms. The highest BCUT2D eigenvalue weighted by atomic mass is 35.5. The lowest BCUT2D eigenvalue weighted by atomic mass is 10.0. The predicted octanol–water partition coefficient (Wildman–Crippen LogP) is 1.64. The molecule has 1 aliphatic heterocycles. The van der Waals surface area contributed by atoms with Crippen molar-refractivity contribution >= 4 is 23.2 Å². The first-order chi connectivity index (χ1) is 6.22. The Bertz CT molecular complexity index is 360. The molecule has 4 heteroatoms. The summed E-state index contributed by atoms with van der Waals surface area (Å²) in [5.41, 5.74) is 0.679. The predicted molar refractivity (Wildman–Crippen MR) is 48.2 cm³/mol. The summed E-state index contributed by atoms with van der Waals surface area (Å²) in [6.07, 6.45) is 3.59. The van der Waals surface area contributed by atoms with Crippen molar-refractivity contribution in [1.82, 2.24) is 0 Å². The minimum atomic E-state index is -0.782. The van der Waals surface area contributed by atoms with Gasteiger partial charge in [-0.3, -0.25) is 4.79 Å². The van der Waals surface area contributed by atoms with Crippen LogP contribution in [0.25, 0.3) is 0 Å². The zero-order valence-corrected chi connectivity index (χ0v) is 7.58. The van der Waals surface area contributed by atoms with E-state index in [1.807, 2.05) is 6.07 Å². The van der Waals surface area contributed by atoms with Crippen molar-refractivity contribution in [3.8, 4) is 6.07 Å². The maximum atomic E-state index is 11.2. The third kappa shape index (κ3) is 1.50. The number of hydrogen-bond acceptors (Lipinski definition) is 2. The molecule has 0 radical (unpaired) electrons. The molecule has 1 amide bonds. The van der Waals surface area contributed by atoms with Gasteiger partial charge in [0.1, 0.15) is 5.92 Å². The summed E-state index contributed by atoms with van der Waals surface area (Å²) in [7, 11) is 0. The second-order valence-electron chi connectivity index (χ2n) is 3.23. The van der Waals surface area contributed by atoms with Crippen molar-refractivity contribution in [3.63, 3.8) is 0 Å². The molecule has 0 aromatic rings. The van der Waals surface area contributed by atoms with E-state index in [0.29, 0.717) is 16.7 Å². The van der Waals surface area contributed by atoms with Crippen LogP contribution in [0.4, 0.5) is 0 Å². The number of hydrogen-bond donors (Lipinski definition) is 0. The molecule has 3 nitrogen and oxygen atoms in total. The maximum Gasteiger partial charge on any atom is 0.267 e. The Kier molecular flexibility index (Phi) is 1.93. The monoisotopic (exact) mass is 194 g/mol. The van der Waals surface area contributed by atoms with E-state index < -0.39 is 5.92 Å². The van der Waals surface area contributed by atoms with E-state index in [0.717, 1.165) is 12.8 Å². The molecular weight excluding hydrogens is 188 g/mol. The molecule has 0 aromatic carbocycles. The number of dihydropyridines is 1. The molecule has 0 saturated heterocycles. The number of rotatable bonds is 1. The lowest BCUT2D eigenvalue weighted by Crippen LogP contribution is -2.18. The molecule has 1 saturated carbocycles. The Labute approximate surface area is 80.7 Å². The van der Waals surface area contributed by atoms with Crippen LogP contribution in [0.1, 0.15) is 12.8 Å². The van der Waals surface area contributed by atoms with Crippen molar-refractivity contribution < 1.29 is 4.79 Å². The summed E-state index contributed by atoms with van der Waals surface area (Å²) in [4.78, 5) is 15.0. The number of halogens is 1. The second kappa shape index (κ2) is 2.97. The number of amides is 1. The Morgan fingerprint density at radius 2 is 2.31 bits per heavy atom. The molecule has 1 aliphatic carbocycles. The molecule has 13 heavy (non-hydrogen) atoms. The standard InChI is InChI=1S/C9H7ClN2O/c10-7-3-6(4-11)9(13)12-8(7)5-1-2-5/h3,5-6H,1-2H2. The zero-order valence-electron chi connectivity index (χ0n) is 6.83. The summed E-state index contributed by atoms with van der Waals surface area (Å²) in [6.45, 7) is 0. The van der Waals surface area contributed by atoms with Gasteiger partial charge in [0.05, 0.1) is 16.8 Å². The van der Waals surface area contributed by atoms with Gasteiger partial charge in [-0.25, -0.2) is 4.99 Å². The summed E-state index contributed by atoms with van der Waals surface area (Å²) in [5, 5.41) is 9.06. The number of nitriles is 1. The summed E-state index contributed by atoms with van der Waals surface area (Å²) >= 11 is 5.88. The minimum absolute atomic E-state index is 0.354. The molecule has 1 atom stereocenters. The average Bonchev–Trinajstić information content (AvgIpc) is 2.91. The number of aliphatic imine (C=N–C) groups is 1. The van der Waals surface area contributed by atoms with Gasteiger partial charge in [-0.2, -0.15) is 5.26 Å². The Morgan fingerprint density at radius 3 is 2.85 bits per heavy atom. The maximum absolute atomic E-state index is 11.2. The molecular formula is C9H7ClN2O. The highest BCUT2D eigenvalue weighted by Crippen LogP contribution is 2.36. The number of allylic oxidation sites excluding steroid dienone is 1. The van der Waals surface area contributed by atoms with Gasteiger partial charge in [-0.05, 0) is 18.9 Å². The lowest BCUT2D eigenvalue weighted by molar-refractivity contribution is -0.118. The van der Waals surface area contributed by atoms with Gasteiger partial charge < -0.3 is 0 Å². The van der Waals surface area contributed by atoms with E-state index in [2.05, 4.69) is 4.99 Å². The van der Waals surface area contributed by atoms with Gasteiger partial charge in [-0.1, -0.05) is 11.6 Å². The molecule has 2 aliphatic rings. The van der Waals surface area contributed by atoms with Crippen LogP contribution in [0.15, 0.2) is 16.1 Å². The first-order valence-corrected chi connectivity index (χ1v) is 4.50. The summed E-state index contributed by atoms with van der Waals surface area (Å²) in [6, 6.07) is 1.85. The zero-order chi connectivity index (χ0) is 9.42. The average molecular weight is 195 g/mol. The Balaban J connectivity index is 2.29. The van der Waals surface area contributed by atoms with Crippen LogP contribution in [-0.4, -0.2) is 11.6 Å². The van der Waals surface area contributed by atoms with Gasteiger partial charge in [0.25, 0.3) is 5.91 Å². The Morgan fingerprint density at radius 1 is 1.62 bits per heavy atom. The SMILES string of the molecule is N#CC1C=C(Cl)C(C2CC2)=NC1=O. The molecule has 1 unspecified atom stereocenters. The quantitative estimate of drug-likeness (QED) is 0.637. The van der Waals surface area contributed by atoms with E-state index in [-0.39, 0.29) is 5.91 Å².